The van der Waals surface area contributed by atoms with Gasteiger partial charge in [0.05, 0.1) is 19.9 Å². The number of methoxy groups -OCH3 is 2. The Kier molecular flexibility index (Phi) is 4.39. The maximum atomic E-state index is 12.7. The highest BCUT2D eigenvalue weighted by atomic mass is 16.5. The van der Waals surface area contributed by atoms with Gasteiger partial charge >= 0.3 is 0 Å². The van der Waals surface area contributed by atoms with E-state index in [1.54, 1.807) is 25.2 Å². The molecule has 0 spiro atoms. The summed E-state index contributed by atoms with van der Waals surface area (Å²) in [5.74, 6) is 2.07. The zero-order valence-electron chi connectivity index (χ0n) is 16.6. The molecule has 1 aliphatic rings. The van der Waals surface area contributed by atoms with Crippen molar-refractivity contribution in [1.82, 2.24) is 15.1 Å². The van der Waals surface area contributed by atoms with Crippen molar-refractivity contribution in [3.63, 3.8) is 0 Å². The van der Waals surface area contributed by atoms with E-state index >= 15 is 0 Å². The van der Waals surface area contributed by atoms with Gasteiger partial charge in [-0.1, -0.05) is 11.2 Å². The third-order valence-electron chi connectivity index (χ3n) is 5.41. The lowest BCUT2D eigenvalue weighted by Gasteiger charge is -2.18. The highest BCUT2D eigenvalue weighted by Crippen LogP contribution is 2.36. The van der Waals surface area contributed by atoms with E-state index in [2.05, 4.69) is 15.1 Å². The quantitative estimate of drug-likeness (QED) is 0.544. The number of carbonyl (C=O) groups is 1. The molecule has 0 aliphatic carbocycles. The summed E-state index contributed by atoms with van der Waals surface area (Å²) in [4.78, 5) is 22.2. The van der Waals surface area contributed by atoms with Crippen LogP contribution in [0.15, 0.2) is 53.2 Å². The molecule has 1 aliphatic heterocycles. The summed E-state index contributed by atoms with van der Waals surface area (Å²) in [5.41, 5.74) is 2.59. The number of rotatable bonds is 5. The Labute approximate surface area is 172 Å². The summed E-state index contributed by atoms with van der Waals surface area (Å²) in [6.45, 7) is 0.461. The zero-order valence-corrected chi connectivity index (χ0v) is 16.6. The number of aromatic nitrogens is 3. The second-order valence-corrected chi connectivity index (χ2v) is 7.18. The van der Waals surface area contributed by atoms with E-state index in [0.29, 0.717) is 36.2 Å². The van der Waals surface area contributed by atoms with Gasteiger partial charge in [-0.25, -0.2) is 0 Å². The van der Waals surface area contributed by atoms with Crippen LogP contribution in [0.1, 0.15) is 18.2 Å². The van der Waals surface area contributed by atoms with Crippen LogP contribution >= 0.6 is 0 Å². The lowest BCUT2D eigenvalue weighted by molar-refractivity contribution is -0.117. The van der Waals surface area contributed by atoms with Crippen molar-refractivity contribution in [3.05, 3.63) is 54.5 Å². The van der Waals surface area contributed by atoms with E-state index in [9.17, 15) is 4.79 Å². The summed E-state index contributed by atoms with van der Waals surface area (Å²) < 4.78 is 16.2. The van der Waals surface area contributed by atoms with Gasteiger partial charge in [-0.2, -0.15) is 4.98 Å². The normalized spacial score (nSPS) is 16.4. The molecule has 1 amide bonds. The monoisotopic (exact) mass is 404 g/mol. The Bertz CT molecular complexity index is 1210. The van der Waals surface area contributed by atoms with Gasteiger partial charge in [-0.05, 0) is 18.2 Å². The van der Waals surface area contributed by atoms with Gasteiger partial charge in [-0.15, -0.1) is 0 Å². The molecule has 3 heterocycles. The standard InChI is InChI=1S/C22H20N4O4/c1-28-15-9-14(10-16(11-15)29-2)26-12-13(8-20(26)27)21-24-22(30-25-21)18-4-3-5-19-17(18)6-7-23-19/h3-7,9-11,13,23H,8,12H2,1-2H3. The lowest BCUT2D eigenvalue weighted by Crippen LogP contribution is -2.24. The third-order valence-corrected chi connectivity index (χ3v) is 5.41. The second-order valence-electron chi connectivity index (χ2n) is 7.18. The highest BCUT2D eigenvalue weighted by molar-refractivity contribution is 5.97. The van der Waals surface area contributed by atoms with Gasteiger partial charge in [0.25, 0.3) is 5.89 Å². The van der Waals surface area contributed by atoms with Crippen LogP contribution in [0.3, 0.4) is 0 Å². The molecule has 8 heteroatoms. The van der Waals surface area contributed by atoms with E-state index in [-0.39, 0.29) is 11.8 Å². The van der Waals surface area contributed by atoms with E-state index in [4.69, 9.17) is 14.0 Å². The smallest absolute Gasteiger partial charge is 0.258 e. The van der Waals surface area contributed by atoms with Crippen molar-refractivity contribution in [1.29, 1.82) is 0 Å². The van der Waals surface area contributed by atoms with Crippen LogP contribution in [0.5, 0.6) is 11.5 Å². The molecule has 0 radical (unpaired) electrons. The summed E-state index contributed by atoms with van der Waals surface area (Å²) in [6.07, 6.45) is 2.19. The molecule has 1 fully saturated rings. The molecule has 2 aromatic carbocycles. The topological polar surface area (TPSA) is 93.5 Å². The fourth-order valence-electron chi connectivity index (χ4n) is 3.86. The summed E-state index contributed by atoms with van der Waals surface area (Å²) in [5, 5.41) is 5.19. The minimum Gasteiger partial charge on any atom is -0.497 e. The molecule has 1 N–H and O–H groups in total. The molecule has 152 valence electrons. The number of hydrogen-bond acceptors (Lipinski definition) is 6. The largest absolute Gasteiger partial charge is 0.497 e. The Morgan fingerprint density at radius 3 is 2.70 bits per heavy atom. The molecule has 1 saturated heterocycles. The lowest BCUT2D eigenvalue weighted by atomic mass is 10.1. The molecule has 8 nitrogen and oxygen atoms in total. The molecule has 4 aromatic rings. The fourth-order valence-corrected chi connectivity index (χ4v) is 3.86. The van der Waals surface area contributed by atoms with E-state index in [0.717, 1.165) is 22.2 Å². The Morgan fingerprint density at radius 1 is 1.13 bits per heavy atom. The van der Waals surface area contributed by atoms with Crippen LogP contribution < -0.4 is 14.4 Å². The Balaban J connectivity index is 1.42. The number of ether oxygens (including phenoxy) is 2. The number of carbonyl (C=O) groups excluding carboxylic acids is 1. The first-order chi connectivity index (χ1) is 14.7. The van der Waals surface area contributed by atoms with E-state index < -0.39 is 0 Å². The number of nitrogens with zero attached hydrogens (tertiary/aromatic N) is 3. The van der Waals surface area contributed by atoms with Crippen LogP contribution in [0, 0.1) is 0 Å². The summed E-state index contributed by atoms with van der Waals surface area (Å²) in [6, 6.07) is 13.3. The Morgan fingerprint density at radius 2 is 1.93 bits per heavy atom. The third kappa shape index (κ3) is 3.06. The average molecular weight is 404 g/mol. The molecule has 0 bridgehead atoms. The molecule has 2 aromatic heterocycles. The van der Waals surface area contributed by atoms with Gasteiger partial charge in [-0.3, -0.25) is 4.79 Å². The first-order valence-corrected chi connectivity index (χ1v) is 9.60. The molecule has 30 heavy (non-hydrogen) atoms. The molecular formula is C22H20N4O4. The van der Waals surface area contributed by atoms with E-state index in [1.807, 2.05) is 42.6 Å². The Hall–Kier alpha value is -3.81. The SMILES string of the molecule is COc1cc(OC)cc(N2CC(c3noc(-c4cccc5[nH]ccc45)n3)CC2=O)c1. The summed E-state index contributed by atoms with van der Waals surface area (Å²) >= 11 is 0. The average Bonchev–Trinajstić information content (AvgIpc) is 3.52. The van der Waals surface area contributed by atoms with Crippen molar-refractivity contribution < 1.29 is 18.8 Å². The number of nitrogens with one attached hydrogen (secondary N) is 1. The van der Waals surface area contributed by atoms with Gasteiger partial charge in [0.1, 0.15) is 11.5 Å². The van der Waals surface area contributed by atoms with Crippen molar-refractivity contribution >= 4 is 22.5 Å². The van der Waals surface area contributed by atoms with Crippen molar-refractivity contribution in [3.8, 4) is 23.0 Å². The number of anilines is 1. The molecule has 1 unspecified atom stereocenters. The zero-order chi connectivity index (χ0) is 20.7. The van der Waals surface area contributed by atoms with Gasteiger partial charge in [0.15, 0.2) is 5.82 Å². The minimum absolute atomic E-state index is 0.00519. The predicted octanol–water partition coefficient (Wildman–Crippen LogP) is 3.76. The highest BCUT2D eigenvalue weighted by Gasteiger charge is 2.35. The van der Waals surface area contributed by atoms with Crippen molar-refractivity contribution in [2.45, 2.75) is 12.3 Å². The number of fused-ring (bicyclic) bond motifs is 1. The van der Waals surface area contributed by atoms with Crippen molar-refractivity contribution in [2.75, 3.05) is 25.7 Å². The predicted molar refractivity (Wildman–Crippen MR) is 111 cm³/mol. The number of hydrogen-bond donors (Lipinski definition) is 1. The number of benzene rings is 2. The van der Waals surface area contributed by atoms with Crippen LogP contribution in [-0.2, 0) is 4.79 Å². The number of amides is 1. The van der Waals surface area contributed by atoms with Crippen LogP contribution in [0.4, 0.5) is 5.69 Å². The van der Waals surface area contributed by atoms with Gasteiger partial charge < -0.3 is 23.9 Å². The molecule has 1 atom stereocenters. The summed E-state index contributed by atoms with van der Waals surface area (Å²) in [7, 11) is 3.16. The molecular weight excluding hydrogens is 384 g/mol. The minimum atomic E-state index is -0.155. The van der Waals surface area contributed by atoms with Crippen LogP contribution in [-0.4, -0.2) is 41.8 Å². The number of H-pyrrole nitrogens is 1. The fraction of sp³-hybridized carbons (Fsp3) is 0.227. The maximum absolute atomic E-state index is 12.7. The molecule has 0 saturated carbocycles. The maximum Gasteiger partial charge on any atom is 0.258 e. The number of aromatic amines is 1. The second kappa shape index (κ2) is 7.22. The molecule has 5 rings (SSSR count). The van der Waals surface area contributed by atoms with Crippen LogP contribution in [0.25, 0.3) is 22.4 Å². The van der Waals surface area contributed by atoms with Crippen molar-refractivity contribution in [2.24, 2.45) is 0 Å². The first-order valence-electron chi connectivity index (χ1n) is 9.60. The first kappa shape index (κ1) is 18.2. The van der Waals surface area contributed by atoms with Crippen LogP contribution in [0.2, 0.25) is 0 Å². The van der Waals surface area contributed by atoms with E-state index in [1.165, 1.54) is 0 Å². The van der Waals surface area contributed by atoms with Gasteiger partial charge in [0.2, 0.25) is 5.91 Å². The van der Waals surface area contributed by atoms with Gasteiger partial charge in [0, 0.05) is 59.7 Å².